The fraction of sp³-hybridized carbons (Fsp3) is 0.211. The minimum atomic E-state index is -0.808. The summed E-state index contributed by atoms with van der Waals surface area (Å²) in [5.41, 5.74) is 6.27. The molecule has 2 aromatic carbocycles. The molecule has 1 heterocycles. The van der Waals surface area contributed by atoms with Gasteiger partial charge in [-0.05, 0) is 30.0 Å². The number of H-pyrrole nitrogens is 1. The van der Waals surface area contributed by atoms with E-state index >= 15 is 0 Å². The Kier molecular flexibility index (Phi) is 3.72. The van der Waals surface area contributed by atoms with Crippen LogP contribution >= 0.6 is 0 Å². The molecule has 0 saturated carbocycles. The number of hydrogen-bond donors (Lipinski definition) is 2. The van der Waals surface area contributed by atoms with Crippen molar-refractivity contribution in [3.8, 4) is 11.3 Å². The summed E-state index contributed by atoms with van der Waals surface area (Å²) in [6, 6.07) is 14.2. The highest BCUT2D eigenvalue weighted by Crippen LogP contribution is 2.34. The minimum absolute atomic E-state index is 0.0246. The molecule has 0 atom stereocenters. The molecule has 0 aliphatic heterocycles. The Morgan fingerprint density at radius 2 is 1.91 bits per heavy atom. The van der Waals surface area contributed by atoms with E-state index in [9.17, 15) is 9.90 Å². The summed E-state index contributed by atoms with van der Waals surface area (Å²) in [4.78, 5) is 14.8. The van der Waals surface area contributed by atoms with Crippen molar-refractivity contribution in [2.24, 2.45) is 0 Å². The van der Waals surface area contributed by atoms with Crippen LogP contribution in [0.25, 0.3) is 22.2 Å². The molecule has 1 aromatic heterocycles. The molecule has 112 valence electrons. The molecule has 22 heavy (non-hydrogen) atoms. The molecular formula is C19H19NO2. The highest BCUT2D eigenvalue weighted by Gasteiger charge is 2.18. The fourth-order valence-electron chi connectivity index (χ4n) is 3.05. The summed E-state index contributed by atoms with van der Waals surface area (Å²) < 4.78 is 0. The van der Waals surface area contributed by atoms with E-state index in [0.29, 0.717) is 0 Å². The number of fused-ring (bicyclic) bond motifs is 1. The maximum atomic E-state index is 11.3. The van der Waals surface area contributed by atoms with Gasteiger partial charge in [0.25, 0.3) is 0 Å². The van der Waals surface area contributed by atoms with Gasteiger partial charge in [0, 0.05) is 16.5 Å². The molecule has 0 aliphatic rings. The molecule has 0 saturated heterocycles. The van der Waals surface area contributed by atoms with E-state index in [1.54, 1.807) is 0 Å². The third-order valence-electron chi connectivity index (χ3n) is 4.15. The Hall–Kier alpha value is -2.55. The van der Waals surface area contributed by atoms with Crippen molar-refractivity contribution in [3.63, 3.8) is 0 Å². The predicted octanol–water partition coefficient (Wildman–Crippen LogP) is 4.33. The van der Waals surface area contributed by atoms with Gasteiger partial charge in [-0.1, -0.05) is 49.4 Å². The zero-order valence-corrected chi connectivity index (χ0v) is 12.8. The van der Waals surface area contributed by atoms with Crippen LogP contribution in [0.15, 0.2) is 42.5 Å². The van der Waals surface area contributed by atoms with Gasteiger partial charge in [-0.2, -0.15) is 0 Å². The van der Waals surface area contributed by atoms with Crippen molar-refractivity contribution < 1.29 is 9.90 Å². The van der Waals surface area contributed by atoms with Gasteiger partial charge < -0.3 is 10.1 Å². The number of benzene rings is 2. The topological polar surface area (TPSA) is 53.1 Å². The standard InChI is InChI=1S/C19H19NO2/c1-3-13-8-6-10-15-16(11-17(21)22)19(20-18(13)15)14-9-5-4-7-12(14)2/h4-10,20H,3,11H2,1-2H3,(H,21,22). The summed E-state index contributed by atoms with van der Waals surface area (Å²) in [7, 11) is 0. The number of aromatic amines is 1. The van der Waals surface area contributed by atoms with Crippen LogP contribution in [0.4, 0.5) is 0 Å². The SMILES string of the molecule is CCc1cccc2c(CC(=O)O)c(-c3ccccc3C)[nH]c12. The molecule has 0 bridgehead atoms. The van der Waals surface area contributed by atoms with Gasteiger partial charge in [0.1, 0.15) is 0 Å². The fourth-order valence-corrected chi connectivity index (χ4v) is 3.05. The van der Waals surface area contributed by atoms with E-state index in [-0.39, 0.29) is 6.42 Å². The summed E-state index contributed by atoms with van der Waals surface area (Å²) >= 11 is 0. The highest BCUT2D eigenvalue weighted by atomic mass is 16.4. The Labute approximate surface area is 129 Å². The lowest BCUT2D eigenvalue weighted by molar-refractivity contribution is -0.136. The lowest BCUT2D eigenvalue weighted by Gasteiger charge is -2.06. The van der Waals surface area contributed by atoms with Gasteiger partial charge in [-0.25, -0.2) is 0 Å². The normalized spacial score (nSPS) is 11.0. The monoisotopic (exact) mass is 293 g/mol. The lowest BCUT2D eigenvalue weighted by Crippen LogP contribution is -2.01. The number of carboxylic acid groups (broad SMARTS) is 1. The first-order valence-electron chi connectivity index (χ1n) is 7.52. The first-order valence-corrected chi connectivity index (χ1v) is 7.52. The highest BCUT2D eigenvalue weighted by molar-refractivity contribution is 5.95. The third kappa shape index (κ3) is 2.39. The molecule has 0 spiro atoms. The quantitative estimate of drug-likeness (QED) is 0.752. The molecule has 0 unspecified atom stereocenters. The first-order chi connectivity index (χ1) is 10.6. The molecule has 0 amide bonds. The molecule has 3 nitrogen and oxygen atoms in total. The van der Waals surface area contributed by atoms with Crippen LogP contribution in [0.2, 0.25) is 0 Å². The number of aromatic nitrogens is 1. The average molecular weight is 293 g/mol. The largest absolute Gasteiger partial charge is 0.481 e. The summed E-state index contributed by atoms with van der Waals surface area (Å²) in [6.07, 6.45) is 0.939. The molecule has 0 fully saturated rings. The number of para-hydroxylation sites is 1. The summed E-state index contributed by atoms with van der Waals surface area (Å²) in [5, 5.41) is 10.3. The molecule has 0 radical (unpaired) electrons. The number of hydrogen-bond acceptors (Lipinski definition) is 1. The number of rotatable bonds is 4. The Morgan fingerprint density at radius 1 is 1.14 bits per heavy atom. The van der Waals surface area contributed by atoms with Crippen molar-refractivity contribution in [2.45, 2.75) is 26.7 Å². The van der Waals surface area contributed by atoms with Gasteiger partial charge in [0.15, 0.2) is 0 Å². The van der Waals surface area contributed by atoms with E-state index in [0.717, 1.165) is 39.7 Å². The zero-order chi connectivity index (χ0) is 15.7. The second kappa shape index (κ2) is 5.68. The van der Waals surface area contributed by atoms with Crippen LogP contribution in [-0.4, -0.2) is 16.1 Å². The first kappa shape index (κ1) is 14.4. The van der Waals surface area contributed by atoms with Crippen LogP contribution in [0, 0.1) is 6.92 Å². The molecule has 3 heteroatoms. The van der Waals surface area contributed by atoms with Gasteiger partial charge in [0.2, 0.25) is 0 Å². The van der Waals surface area contributed by atoms with Gasteiger partial charge >= 0.3 is 5.97 Å². The van der Waals surface area contributed by atoms with Crippen LogP contribution in [0.3, 0.4) is 0 Å². The van der Waals surface area contributed by atoms with Crippen molar-refractivity contribution in [2.75, 3.05) is 0 Å². The van der Waals surface area contributed by atoms with Gasteiger partial charge in [-0.3, -0.25) is 4.79 Å². The van der Waals surface area contributed by atoms with Crippen molar-refractivity contribution in [1.29, 1.82) is 0 Å². The predicted molar refractivity (Wildman–Crippen MR) is 89.2 cm³/mol. The number of nitrogens with one attached hydrogen (secondary N) is 1. The average Bonchev–Trinajstić information content (AvgIpc) is 2.86. The number of aryl methyl sites for hydroxylation is 2. The van der Waals surface area contributed by atoms with Crippen LogP contribution in [0.1, 0.15) is 23.6 Å². The summed E-state index contributed by atoms with van der Waals surface area (Å²) in [5.74, 6) is -0.808. The van der Waals surface area contributed by atoms with Gasteiger partial charge in [0.05, 0.1) is 12.1 Å². The van der Waals surface area contributed by atoms with E-state index in [4.69, 9.17) is 0 Å². The molecular weight excluding hydrogens is 274 g/mol. The van der Waals surface area contributed by atoms with E-state index in [1.165, 1.54) is 5.56 Å². The minimum Gasteiger partial charge on any atom is -0.481 e. The van der Waals surface area contributed by atoms with Crippen LogP contribution in [-0.2, 0) is 17.6 Å². The third-order valence-corrected chi connectivity index (χ3v) is 4.15. The summed E-state index contributed by atoms with van der Waals surface area (Å²) in [6.45, 7) is 4.16. The number of carbonyl (C=O) groups is 1. The molecule has 3 rings (SSSR count). The van der Waals surface area contributed by atoms with E-state index < -0.39 is 5.97 Å². The van der Waals surface area contributed by atoms with Gasteiger partial charge in [-0.15, -0.1) is 0 Å². The van der Waals surface area contributed by atoms with E-state index in [2.05, 4.69) is 18.0 Å². The van der Waals surface area contributed by atoms with Crippen molar-refractivity contribution in [1.82, 2.24) is 4.98 Å². The molecule has 3 aromatic rings. The van der Waals surface area contributed by atoms with E-state index in [1.807, 2.05) is 43.3 Å². The Morgan fingerprint density at radius 3 is 2.59 bits per heavy atom. The zero-order valence-electron chi connectivity index (χ0n) is 12.8. The number of carboxylic acids is 1. The maximum absolute atomic E-state index is 11.3. The number of aliphatic carboxylic acids is 1. The van der Waals surface area contributed by atoms with Crippen LogP contribution in [0.5, 0.6) is 0 Å². The lowest BCUT2D eigenvalue weighted by atomic mass is 9.98. The Balaban J connectivity index is 2.33. The smallest absolute Gasteiger partial charge is 0.307 e. The molecule has 2 N–H and O–H groups in total. The van der Waals surface area contributed by atoms with Crippen molar-refractivity contribution >= 4 is 16.9 Å². The molecule has 0 aliphatic carbocycles. The second-order valence-electron chi connectivity index (χ2n) is 5.56. The van der Waals surface area contributed by atoms with Crippen molar-refractivity contribution in [3.05, 3.63) is 59.2 Å². The van der Waals surface area contributed by atoms with Crippen LogP contribution < -0.4 is 0 Å². The second-order valence-corrected chi connectivity index (χ2v) is 5.56. The Bertz CT molecular complexity index is 846. The maximum Gasteiger partial charge on any atom is 0.307 e.